The number of benzene rings is 3. The van der Waals surface area contributed by atoms with E-state index in [1.165, 1.54) is 24.1 Å². The molecule has 0 bridgehead atoms. The molecule has 0 saturated carbocycles. The smallest absolute Gasteiger partial charge is 0.264 e. The third-order valence-corrected chi connectivity index (χ3v) is 7.52. The maximum Gasteiger partial charge on any atom is 0.264 e. The summed E-state index contributed by atoms with van der Waals surface area (Å²) in [7, 11) is -2.37. The van der Waals surface area contributed by atoms with E-state index in [1.54, 1.807) is 54.2 Å². The number of nitrogens with one attached hydrogen (secondary N) is 1. The van der Waals surface area contributed by atoms with Crippen LogP contribution in [0.4, 0.5) is 5.69 Å². The number of amides is 1. The lowest BCUT2D eigenvalue weighted by atomic mass is 10.3. The molecule has 0 aliphatic heterocycles. The van der Waals surface area contributed by atoms with Gasteiger partial charge < -0.3 is 10.1 Å². The van der Waals surface area contributed by atoms with Crippen molar-refractivity contribution < 1.29 is 17.9 Å². The third-order valence-electron chi connectivity index (χ3n) is 4.63. The first kappa shape index (κ1) is 23.7. The Kier molecular flexibility index (Phi) is 8.58. The van der Waals surface area contributed by atoms with Crippen LogP contribution in [0.15, 0.2) is 94.7 Å². The highest BCUT2D eigenvalue weighted by Crippen LogP contribution is 2.25. The van der Waals surface area contributed by atoms with Gasteiger partial charge in [-0.2, -0.15) is 0 Å². The number of hydrogen-bond acceptors (Lipinski definition) is 5. The highest BCUT2D eigenvalue weighted by molar-refractivity contribution is 7.99. The zero-order valence-corrected chi connectivity index (χ0v) is 19.4. The van der Waals surface area contributed by atoms with Crippen molar-refractivity contribution in [3.05, 3.63) is 84.9 Å². The van der Waals surface area contributed by atoms with Gasteiger partial charge in [0.1, 0.15) is 12.3 Å². The molecule has 0 atom stereocenters. The second-order valence-corrected chi connectivity index (χ2v) is 9.92. The van der Waals surface area contributed by atoms with Gasteiger partial charge in [-0.3, -0.25) is 9.10 Å². The number of rotatable bonds is 11. The van der Waals surface area contributed by atoms with Crippen LogP contribution in [0.1, 0.15) is 6.42 Å². The first-order valence-electron chi connectivity index (χ1n) is 10.2. The van der Waals surface area contributed by atoms with Crippen molar-refractivity contribution in [3.63, 3.8) is 0 Å². The Hall–Kier alpha value is -2.97. The van der Waals surface area contributed by atoms with Gasteiger partial charge in [0.25, 0.3) is 10.0 Å². The maximum atomic E-state index is 13.3. The quantitative estimate of drug-likeness (QED) is 0.336. The fourth-order valence-electron chi connectivity index (χ4n) is 2.98. The summed E-state index contributed by atoms with van der Waals surface area (Å²) in [5.74, 6) is 1.10. The molecule has 8 heteroatoms. The Balaban J connectivity index is 1.64. The van der Waals surface area contributed by atoms with Crippen LogP contribution < -0.4 is 14.4 Å². The van der Waals surface area contributed by atoms with Gasteiger partial charge >= 0.3 is 0 Å². The lowest BCUT2D eigenvalue weighted by molar-refractivity contribution is -0.119. The Morgan fingerprint density at radius 1 is 0.938 bits per heavy atom. The minimum absolute atomic E-state index is 0.128. The van der Waals surface area contributed by atoms with Gasteiger partial charge in [-0.25, -0.2) is 8.42 Å². The van der Waals surface area contributed by atoms with Crippen molar-refractivity contribution in [2.45, 2.75) is 16.2 Å². The molecule has 1 N–H and O–H groups in total. The summed E-state index contributed by atoms with van der Waals surface area (Å²) in [6.45, 7) is 0.163. The number of hydrogen-bond donors (Lipinski definition) is 1. The van der Waals surface area contributed by atoms with Gasteiger partial charge in [0.05, 0.1) is 17.7 Å². The van der Waals surface area contributed by atoms with Crippen molar-refractivity contribution in [3.8, 4) is 5.75 Å². The van der Waals surface area contributed by atoms with Crippen LogP contribution in [0.25, 0.3) is 0 Å². The fraction of sp³-hybridized carbons (Fsp3) is 0.208. The largest absolute Gasteiger partial charge is 0.497 e. The van der Waals surface area contributed by atoms with E-state index in [-0.39, 0.29) is 17.3 Å². The molecule has 168 valence electrons. The van der Waals surface area contributed by atoms with E-state index in [9.17, 15) is 13.2 Å². The molecule has 0 spiro atoms. The molecule has 6 nitrogen and oxygen atoms in total. The Labute approximate surface area is 193 Å². The minimum Gasteiger partial charge on any atom is -0.497 e. The van der Waals surface area contributed by atoms with Crippen LogP contribution in [-0.2, 0) is 14.8 Å². The van der Waals surface area contributed by atoms with E-state index in [2.05, 4.69) is 5.32 Å². The predicted octanol–water partition coefficient (Wildman–Crippen LogP) is 4.19. The van der Waals surface area contributed by atoms with E-state index in [4.69, 9.17) is 4.74 Å². The topological polar surface area (TPSA) is 75.7 Å². The molecule has 0 heterocycles. The molecule has 0 unspecified atom stereocenters. The normalized spacial score (nSPS) is 11.0. The van der Waals surface area contributed by atoms with Gasteiger partial charge in [0, 0.05) is 11.4 Å². The first-order valence-corrected chi connectivity index (χ1v) is 12.6. The summed E-state index contributed by atoms with van der Waals surface area (Å²) in [5.41, 5.74) is 0.393. The standard InChI is InChI=1S/C24H26N2O4S2/c1-30-21-15-13-20(14-16-21)26(32(28,29)23-11-6-3-7-12-23)19-24(27)25-17-8-18-31-22-9-4-2-5-10-22/h2-7,9-16H,8,17-19H2,1H3,(H,25,27). The Bertz CT molecular complexity index is 1090. The van der Waals surface area contributed by atoms with E-state index in [0.29, 0.717) is 18.0 Å². The number of ether oxygens (including phenoxy) is 1. The lowest BCUT2D eigenvalue weighted by Gasteiger charge is -2.24. The number of carbonyl (C=O) groups excluding carboxylic acids is 1. The Morgan fingerprint density at radius 2 is 1.56 bits per heavy atom. The van der Waals surface area contributed by atoms with Crippen LogP contribution in [0.5, 0.6) is 5.75 Å². The van der Waals surface area contributed by atoms with Crippen LogP contribution >= 0.6 is 11.8 Å². The van der Waals surface area contributed by atoms with E-state index in [1.807, 2.05) is 30.3 Å². The molecule has 0 radical (unpaired) electrons. The lowest BCUT2D eigenvalue weighted by Crippen LogP contribution is -2.41. The van der Waals surface area contributed by atoms with Crippen molar-refractivity contribution in [1.29, 1.82) is 0 Å². The minimum atomic E-state index is -3.91. The molecule has 3 rings (SSSR count). The molecular formula is C24H26N2O4S2. The summed E-state index contributed by atoms with van der Waals surface area (Å²) >= 11 is 1.72. The zero-order valence-electron chi connectivity index (χ0n) is 17.8. The Morgan fingerprint density at radius 3 is 2.19 bits per heavy atom. The van der Waals surface area contributed by atoms with Gasteiger partial charge in [-0.1, -0.05) is 36.4 Å². The molecule has 0 aromatic heterocycles. The molecule has 0 aliphatic carbocycles. The maximum absolute atomic E-state index is 13.3. The molecule has 3 aromatic carbocycles. The van der Waals surface area contributed by atoms with Crippen molar-refractivity contribution >= 4 is 33.4 Å². The van der Waals surface area contributed by atoms with Gasteiger partial charge in [-0.05, 0) is 60.7 Å². The van der Waals surface area contributed by atoms with Gasteiger partial charge in [0.2, 0.25) is 5.91 Å². The average molecular weight is 471 g/mol. The van der Waals surface area contributed by atoms with Crippen LogP contribution in [-0.4, -0.2) is 40.3 Å². The van der Waals surface area contributed by atoms with Gasteiger partial charge in [-0.15, -0.1) is 11.8 Å². The monoisotopic (exact) mass is 470 g/mol. The number of sulfonamides is 1. The molecule has 32 heavy (non-hydrogen) atoms. The first-order chi connectivity index (χ1) is 15.5. The predicted molar refractivity (Wildman–Crippen MR) is 129 cm³/mol. The molecule has 3 aromatic rings. The number of carbonyl (C=O) groups is 1. The van der Waals surface area contributed by atoms with Crippen molar-refractivity contribution in [2.75, 3.05) is 30.3 Å². The number of anilines is 1. The summed E-state index contributed by atoms with van der Waals surface area (Å²) < 4.78 is 32.8. The third kappa shape index (κ3) is 6.51. The van der Waals surface area contributed by atoms with Crippen molar-refractivity contribution in [1.82, 2.24) is 5.32 Å². The van der Waals surface area contributed by atoms with Gasteiger partial charge in [0.15, 0.2) is 0 Å². The molecule has 0 saturated heterocycles. The van der Waals surface area contributed by atoms with Crippen LogP contribution in [0, 0.1) is 0 Å². The zero-order chi connectivity index (χ0) is 22.8. The SMILES string of the molecule is COc1ccc(N(CC(=O)NCCCSc2ccccc2)S(=O)(=O)c2ccccc2)cc1. The van der Waals surface area contributed by atoms with E-state index >= 15 is 0 Å². The summed E-state index contributed by atoms with van der Waals surface area (Å²) in [6, 6.07) is 24.7. The average Bonchev–Trinajstić information content (AvgIpc) is 2.83. The second kappa shape index (κ2) is 11.6. The van der Waals surface area contributed by atoms with E-state index in [0.717, 1.165) is 16.5 Å². The molecule has 0 fully saturated rings. The fourth-order valence-corrected chi connectivity index (χ4v) is 5.29. The molecule has 1 amide bonds. The molecule has 0 aliphatic rings. The summed E-state index contributed by atoms with van der Waals surface area (Å²) in [4.78, 5) is 13.9. The summed E-state index contributed by atoms with van der Waals surface area (Å²) in [5, 5.41) is 2.83. The second-order valence-electron chi connectivity index (χ2n) is 6.89. The van der Waals surface area contributed by atoms with Crippen LogP contribution in [0.3, 0.4) is 0 Å². The number of thioether (sulfide) groups is 1. The summed E-state index contributed by atoms with van der Waals surface area (Å²) in [6.07, 6.45) is 0.777. The highest BCUT2D eigenvalue weighted by Gasteiger charge is 2.27. The molecular weight excluding hydrogens is 444 g/mol. The number of methoxy groups -OCH3 is 1. The van der Waals surface area contributed by atoms with Crippen LogP contribution in [0.2, 0.25) is 0 Å². The number of nitrogens with zero attached hydrogens (tertiary/aromatic N) is 1. The van der Waals surface area contributed by atoms with E-state index < -0.39 is 10.0 Å². The highest BCUT2D eigenvalue weighted by atomic mass is 32.2. The van der Waals surface area contributed by atoms with Crippen molar-refractivity contribution in [2.24, 2.45) is 0 Å².